The van der Waals surface area contributed by atoms with Gasteiger partial charge in [-0.3, -0.25) is 14.8 Å². The molecular weight excluding hydrogens is 312 g/mol. The second-order valence-electron chi connectivity index (χ2n) is 4.22. The summed E-state index contributed by atoms with van der Waals surface area (Å²) in [6, 6.07) is 9.40. The highest BCUT2D eigenvalue weighted by molar-refractivity contribution is 7.92. The Bertz CT molecular complexity index is 830. The summed E-state index contributed by atoms with van der Waals surface area (Å²) in [5, 5.41) is 21.3. The number of non-ortho nitro benzene ring substituents is 1. The number of anilines is 1. The van der Waals surface area contributed by atoms with Gasteiger partial charge in [-0.2, -0.15) is 0 Å². The standard InChI is InChI=1S/C13H10N2O6S/c16-13(17)9-4-6-12(7-5-9)22(20,21)14-10-2-1-3-11(8-10)15(18)19/h1-8,14H,(H,16,17)/p-1. The van der Waals surface area contributed by atoms with Gasteiger partial charge in [0.15, 0.2) is 0 Å². The first-order valence-corrected chi connectivity index (χ1v) is 7.36. The molecule has 0 aliphatic rings. The second kappa shape index (κ2) is 5.82. The molecule has 0 radical (unpaired) electrons. The number of benzene rings is 2. The van der Waals surface area contributed by atoms with Crippen molar-refractivity contribution < 1.29 is 23.2 Å². The third-order valence-corrected chi connectivity index (χ3v) is 4.11. The normalized spacial score (nSPS) is 10.9. The summed E-state index contributed by atoms with van der Waals surface area (Å²) >= 11 is 0. The molecule has 0 saturated heterocycles. The first-order valence-electron chi connectivity index (χ1n) is 5.88. The maximum Gasteiger partial charge on any atom is 0.271 e. The molecule has 0 saturated carbocycles. The molecule has 8 nitrogen and oxygen atoms in total. The first kappa shape index (κ1) is 15.4. The van der Waals surface area contributed by atoms with Gasteiger partial charge in [-0.05, 0) is 23.8 Å². The van der Waals surface area contributed by atoms with Crippen molar-refractivity contribution in [2.75, 3.05) is 4.72 Å². The second-order valence-corrected chi connectivity index (χ2v) is 5.91. The minimum Gasteiger partial charge on any atom is -0.545 e. The zero-order chi connectivity index (χ0) is 16.3. The monoisotopic (exact) mass is 321 g/mol. The van der Waals surface area contributed by atoms with Crippen LogP contribution in [0.3, 0.4) is 0 Å². The van der Waals surface area contributed by atoms with Gasteiger partial charge >= 0.3 is 0 Å². The minimum absolute atomic E-state index is 0.0261. The molecule has 1 N–H and O–H groups in total. The van der Waals surface area contributed by atoms with Gasteiger partial charge in [0.05, 0.1) is 21.5 Å². The zero-order valence-corrected chi connectivity index (χ0v) is 11.7. The maximum atomic E-state index is 12.1. The smallest absolute Gasteiger partial charge is 0.271 e. The number of rotatable bonds is 5. The zero-order valence-electron chi connectivity index (χ0n) is 10.9. The van der Waals surface area contributed by atoms with Gasteiger partial charge in [0.1, 0.15) is 0 Å². The van der Waals surface area contributed by atoms with Crippen LogP contribution in [0.5, 0.6) is 0 Å². The van der Waals surface area contributed by atoms with Crippen molar-refractivity contribution in [3.8, 4) is 0 Å². The lowest BCUT2D eigenvalue weighted by Crippen LogP contribution is -2.22. The lowest BCUT2D eigenvalue weighted by Gasteiger charge is -2.09. The van der Waals surface area contributed by atoms with Crippen LogP contribution in [-0.2, 0) is 10.0 Å². The Kier molecular flexibility index (Phi) is 4.08. The van der Waals surface area contributed by atoms with Gasteiger partial charge in [-0.15, -0.1) is 0 Å². The Morgan fingerprint density at radius 1 is 1.09 bits per heavy atom. The van der Waals surface area contributed by atoms with Crippen molar-refractivity contribution in [3.63, 3.8) is 0 Å². The van der Waals surface area contributed by atoms with E-state index in [-0.39, 0.29) is 21.8 Å². The Morgan fingerprint density at radius 3 is 2.27 bits per heavy atom. The van der Waals surface area contributed by atoms with Gasteiger partial charge in [0.25, 0.3) is 15.7 Å². The Labute approximate surface area is 125 Å². The quantitative estimate of drug-likeness (QED) is 0.639. The number of hydrogen-bond acceptors (Lipinski definition) is 6. The molecule has 0 amide bonds. The highest BCUT2D eigenvalue weighted by atomic mass is 32.2. The molecule has 0 atom stereocenters. The molecule has 0 aliphatic carbocycles. The molecule has 114 valence electrons. The first-order chi connectivity index (χ1) is 10.3. The summed E-state index contributed by atoms with van der Waals surface area (Å²) in [6.07, 6.45) is 0. The van der Waals surface area contributed by atoms with Gasteiger partial charge in [0.2, 0.25) is 0 Å². The van der Waals surface area contributed by atoms with E-state index in [9.17, 15) is 28.4 Å². The molecule has 0 aliphatic heterocycles. The summed E-state index contributed by atoms with van der Waals surface area (Å²) < 4.78 is 26.4. The predicted molar refractivity (Wildman–Crippen MR) is 74.7 cm³/mol. The molecule has 0 spiro atoms. The summed E-state index contributed by atoms with van der Waals surface area (Å²) in [6.45, 7) is 0. The van der Waals surface area contributed by atoms with Crippen molar-refractivity contribution in [3.05, 3.63) is 64.2 Å². The van der Waals surface area contributed by atoms with Crippen LogP contribution in [0.25, 0.3) is 0 Å². The van der Waals surface area contributed by atoms with Crippen molar-refractivity contribution in [1.29, 1.82) is 0 Å². The largest absolute Gasteiger partial charge is 0.545 e. The molecule has 0 heterocycles. The van der Waals surface area contributed by atoms with Crippen LogP contribution in [0.4, 0.5) is 11.4 Å². The molecule has 2 aromatic rings. The number of carbonyl (C=O) groups is 1. The van der Waals surface area contributed by atoms with Crippen LogP contribution in [0.2, 0.25) is 0 Å². The Hall–Kier alpha value is -2.94. The molecule has 22 heavy (non-hydrogen) atoms. The van der Waals surface area contributed by atoms with Crippen molar-refractivity contribution >= 4 is 27.4 Å². The summed E-state index contributed by atoms with van der Waals surface area (Å²) in [5.74, 6) is -1.42. The molecule has 2 rings (SSSR count). The highest BCUT2D eigenvalue weighted by Gasteiger charge is 2.15. The highest BCUT2D eigenvalue weighted by Crippen LogP contribution is 2.20. The van der Waals surface area contributed by atoms with E-state index in [2.05, 4.69) is 4.72 Å². The number of sulfonamides is 1. The summed E-state index contributed by atoms with van der Waals surface area (Å²) in [7, 11) is -3.98. The number of aromatic carboxylic acids is 1. The summed E-state index contributed by atoms with van der Waals surface area (Å²) in [5.41, 5.74) is -0.389. The fourth-order valence-electron chi connectivity index (χ4n) is 1.67. The van der Waals surface area contributed by atoms with Crippen LogP contribution >= 0.6 is 0 Å². The number of nitrogens with zero attached hydrogens (tertiary/aromatic N) is 1. The fraction of sp³-hybridized carbons (Fsp3) is 0. The number of nitro groups is 1. The third kappa shape index (κ3) is 3.38. The SMILES string of the molecule is O=C([O-])c1ccc(S(=O)(=O)Nc2cccc([N+](=O)[O-])c2)cc1. The fourth-order valence-corrected chi connectivity index (χ4v) is 2.72. The minimum atomic E-state index is -3.98. The van der Waals surface area contributed by atoms with Crippen LogP contribution in [-0.4, -0.2) is 19.3 Å². The molecule has 0 unspecified atom stereocenters. The number of nitro benzene ring substituents is 1. The number of carboxylic acids is 1. The van der Waals surface area contributed by atoms with E-state index >= 15 is 0 Å². The van der Waals surface area contributed by atoms with Crippen LogP contribution in [0.1, 0.15) is 10.4 Å². The van der Waals surface area contributed by atoms with Crippen molar-refractivity contribution in [2.45, 2.75) is 4.90 Å². The van der Waals surface area contributed by atoms with E-state index in [4.69, 9.17) is 0 Å². The molecule has 2 aromatic carbocycles. The summed E-state index contributed by atoms with van der Waals surface area (Å²) in [4.78, 5) is 20.4. The maximum absolute atomic E-state index is 12.1. The molecular formula is C13H9N2O6S-. The number of carbonyl (C=O) groups excluding carboxylic acids is 1. The van der Waals surface area contributed by atoms with Crippen LogP contribution in [0.15, 0.2) is 53.4 Å². The molecule has 0 fully saturated rings. The lowest BCUT2D eigenvalue weighted by atomic mass is 10.2. The van der Waals surface area contributed by atoms with E-state index < -0.39 is 20.9 Å². The van der Waals surface area contributed by atoms with Gasteiger partial charge in [-0.1, -0.05) is 18.2 Å². The van der Waals surface area contributed by atoms with Crippen molar-refractivity contribution in [1.82, 2.24) is 0 Å². The van der Waals surface area contributed by atoms with Gasteiger partial charge in [0, 0.05) is 12.1 Å². The number of hydrogen-bond donors (Lipinski definition) is 1. The van der Waals surface area contributed by atoms with Gasteiger partial charge in [-0.25, -0.2) is 8.42 Å². The Balaban J connectivity index is 2.29. The topological polar surface area (TPSA) is 129 Å². The van der Waals surface area contributed by atoms with Gasteiger partial charge < -0.3 is 9.90 Å². The van der Waals surface area contributed by atoms with E-state index in [1.807, 2.05) is 0 Å². The molecule has 0 aromatic heterocycles. The van der Waals surface area contributed by atoms with E-state index in [1.54, 1.807) is 0 Å². The predicted octanol–water partition coefficient (Wildman–Crippen LogP) is 0.759. The Morgan fingerprint density at radius 2 is 1.73 bits per heavy atom. The lowest BCUT2D eigenvalue weighted by molar-refractivity contribution is -0.384. The number of carboxylic acid groups (broad SMARTS) is 1. The molecule has 0 bridgehead atoms. The average Bonchev–Trinajstić information content (AvgIpc) is 2.47. The van der Waals surface area contributed by atoms with E-state index in [1.165, 1.54) is 18.2 Å². The van der Waals surface area contributed by atoms with Crippen LogP contribution in [0, 0.1) is 10.1 Å². The van der Waals surface area contributed by atoms with E-state index in [0.717, 1.165) is 30.3 Å². The third-order valence-electron chi connectivity index (χ3n) is 2.71. The van der Waals surface area contributed by atoms with Crippen molar-refractivity contribution in [2.24, 2.45) is 0 Å². The average molecular weight is 321 g/mol. The number of nitrogens with one attached hydrogen (secondary N) is 1. The van der Waals surface area contributed by atoms with E-state index in [0.29, 0.717) is 0 Å². The molecule has 9 heteroatoms. The van der Waals surface area contributed by atoms with Crippen LogP contribution < -0.4 is 9.83 Å².